The molecule has 1 saturated heterocycles. The van der Waals surface area contributed by atoms with E-state index < -0.39 is 0 Å². The van der Waals surface area contributed by atoms with Crippen LogP contribution in [-0.2, 0) is 12.8 Å². The van der Waals surface area contributed by atoms with Gasteiger partial charge in [0.1, 0.15) is 5.75 Å². The Morgan fingerprint density at radius 2 is 2.21 bits per heavy atom. The van der Waals surface area contributed by atoms with Crippen molar-refractivity contribution in [1.82, 2.24) is 15.6 Å². The summed E-state index contributed by atoms with van der Waals surface area (Å²) < 4.78 is 5.51. The van der Waals surface area contributed by atoms with Gasteiger partial charge in [-0.2, -0.15) is 0 Å². The predicted molar refractivity (Wildman–Crippen MR) is 118 cm³/mol. The second-order valence-electron chi connectivity index (χ2n) is 6.98. The maximum Gasteiger partial charge on any atom is 0.191 e. The van der Waals surface area contributed by atoms with E-state index in [1.165, 1.54) is 22.0 Å². The van der Waals surface area contributed by atoms with Gasteiger partial charge in [0.05, 0.1) is 17.8 Å². The van der Waals surface area contributed by atoms with Crippen molar-refractivity contribution in [2.24, 2.45) is 10.9 Å². The number of hydrogen-bond donors (Lipinski definition) is 2. The molecule has 7 heteroatoms. The van der Waals surface area contributed by atoms with Crippen LogP contribution in [-0.4, -0.2) is 51.3 Å². The Balaban J connectivity index is 1.41. The first-order valence-corrected chi connectivity index (χ1v) is 10.8. The molecule has 1 atom stereocenters. The zero-order chi connectivity index (χ0) is 19.8. The van der Waals surface area contributed by atoms with Crippen LogP contribution in [0, 0.1) is 5.92 Å². The summed E-state index contributed by atoms with van der Waals surface area (Å²) in [6.07, 6.45) is 5.14. The monoisotopic (exact) mass is 401 g/mol. The van der Waals surface area contributed by atoms with E-state index in [9.17, 15) is 0 Å². The lowest BCUT2D eigenvalue weighted by atomic mass is 10.1. The Morgan fingerprint density at radius 3 is 2.96 bits per heavy atom. The molecule has 0 amide bonds. The lowest BCUT2D eigenvalue weighted by molar-refractivity contribution is 0.414. The fourth-order valence-electron chi connectivity index (χ4n) is 3.49. The van der Waals surface area contributed by atoms with Crippen molar-refractivity contribution in [1.29, 1.82) is 0 Å². The van der Waals surface area contributed by atoms with E-state index in [4.69, 9.17) is 4.74 Å². The highest BCUT2D eigenvalue weighted by Crippen LogP contribution is 2.31. The van der Waals surface area contributed by atoms with Crippen molar-refractivity contribution < 1.29 is 4.74 Å². The lowest BCUT2D eigenvalue weighted by Crippen LogP contribution is -2.41. The van der Waals surface area contributed by atoms with E-state index >= 15 is 0 Å². The SMILES string of the molecule is CCc1cnc(CCNC(=NC)NCC2CCN(c3ccccc3OC)C2)s1. The van der Waals surface area contributed by atoms with E-state index in [-0.39, 0.29) is 0 Å². The van der Waals surface area contributed by atoms with Crippen LogP contribution >= 0.6 is 11.3 Å². The minimum absolute atomic E-state index is 0.592. The molecule has 6 nitrogen and oxygen atoms in total. The molecule has 1 aromatic carbocycles. The van der Waals surface area contributed by atoms with Crippen molar-refractivity contribution in [3.63, 3.8) is 0 Å². The van der Waals surface area contributed by atoms with Crippen molar-refractivity contribution in [2.75, 3.05) is 45.2 Å². The Hall–Kier alpha value is -2.28. The van der Waals surface area contributed by atoms with Crippen LogP contribution in [0.3, 0.4) is 0 Å². The first kappa shape index (κ1) is 20.5. The summed E-state index contributed by atoms with van der Waals surface area (Å²) in [4.78, 5) is 12.6. The molecule has 1 aromatic heterocycles. The van der Waals surface area contributed by atoms with Crippen LogP contribution in [0.5, 0.6) is 5.75 Å². The number of aromatic nitrogens is 1. The van der Waals surface area contributed by atoms with E-state index in [1.54, 1.807) is 18.4 Å². The summed E-state index contributed by atoms with van der Waals surface area (Å²) in [5.74, 6) is 2.40. The van der Waals surface area contributed by atoms with Gasteiger partial charge in [0.15, 0.2) is 5.96 Å². The number of thiazole rings is 1. The average molecular weight is 402 g/mol. The zero-order valence-corrected chi connectivity index (χ0v) is 17.9. The number of nitrogens with one attached hydrogen (secondary N) is 2. The normalized spacial score (nSPS) is 17.0. The molecule has 1 unspecified atom stereocenters. The smallest absolute Gasteiger partial charge is 0.191 e. The molecule has 1 aliphatic heterocycles. The molecule has 152 valence electrons. The summed E-state index contributed by atoms with van der Waals surface area (Å²) in [5.41, 5.74) is 1.19. The van der Waals surface area contributed by atoms with Gasteiger partial charge in [0.2, 0.25) is 0 Å². The Kier molecular flexibility index (Phi) is 7.54. The topological polar surface area (TPSA) is 61.8 Å². The molecule has 2 heterocycles. The van der Waals surface area contributed by atoms with Gasteiger partial charge >= 0.3 is 0 Å². The average Bonchev–Trinajstić information content (AvgIpc) is 3.40. The van der Waals surface area contributed by atoms with Crippen LogP contribution < -0.4 is 20.3 Å². The summed E-state index contributed by atoms with van der Waals surface area (Å²) >= 11 is 1.80. The standard InChI is InChI=1S/C21H31N5OS/c1-4-17-14-24-20(28-17)9-11-23-21(22-2)25-13-16-10-12-26(15-16)18-7-5-6-8-19(18)27-3/h5-8,14,16H,4,9-13,15H2,1-3H3,(H2,22,23,25). The fraction of sp³-hybridized carbons (Fsp3) is 0.524. The minimum Gasteiger partial charge on any atom is -0.495 e. The second-order valence-corrected chi connectivity index (χ2v) is 8.18. The van der Waals surface area contributed by atoms with Gasteiger partial charge in [-0.15, -0.1) is 11.3 Å². The molecule has 0 radical (unpaired) electrons. The molecular weight excluding hydrogens is 370 g/mol. The summed E-state index contributed by atoms with van der Waals surface area (Å²) in [5, 5.41) is 8.06. The number of nitrogens with zero attached hydrogens (tertiary/aromatic N) is 3. The predicted octanol–water partition coefficient (Wildman–Crippen LogP) is 2.95. The van der Waals surface area contributed by atoms with Gasteiger partial charge in [-0.1, -0.05) is 19.1 Å². The molecule has 1 fully saturated rings. The molecule has 3 rings (SSSR count). The van der Waals surface area contributed by atoms with E-state index in [2.05, 4.69) is 44.6 Å². The number of para-hydroxylation sites is 2. The van der Waals surface area contributed by atoms with Crippen molar-refractivity contribution in [2.45, 2.75) is 26.2 Å². The van der Waals surface area contributed by atoms with Crippen LogP contribution in [0.25, 0.3) is 0 Å². The van der Waals surface area contributed by atoms with Gasteiger partial charge in [0, 0.05) is 50.7 Å². The minimum atomic E-state index is 0.592. The third-order valence-corrected chi connectivity index (χ3v) is 6.28. The lowest BCUT2D eigenvalue weighted by Gasteiger charge is -2.21. The number of aliphatic imine (C=N–C) groups is 1. The molecule has 2 N–H and O–H groups in total. The fourth-order valence-corrected chi connectivity index (χ4v) is 4.35. The number of aryl methyl sites for hydroxylation is 1. The Bertz CT molecular complexity index is 776. The zero-order valence-electron chi connectivity index (χ0n) is 17.1. The summed E-state index contributed by atoms with van der Waals surface area (Å²) in [6.45, 7) is 6.02. The molecular formula is C21H31N5OS. The van der Waals surface area contributed by atoms with Gasteiger partial charge in [0.25, 0.3) is 0 Å². The number of methoxy groups -OCH3 is 1. The summed E-state index contributed by atoms with van der Waals surface area (Å²) in [6, 6.07) is 8.25. The van der Waals surface area contributed by atoms with Gasteiger partial charge in [-0.3, -0.25) is 4.99 Å². The van der Waals surface area contributed by atoms with E-state index in [1.807, 2.05) is 25.4 Å². The van der Waals surface area contributed by atoms with Crippen LogP contribution in [0.2, 0.25) is 0 Å². The number of ether oxygens (including phenoxy) is 1. The first-order valence-electron chi connectivity index (χ1n) is 9.99. The molecule has 2 aromatic rings. The quantitative estimate of drug-likeness (QED) is 0.526. The number of benzene rings is 1. The van der Waals surface area contributed by atoms with Crippen LogP contribution in [0.15, 0.2) is 35.5 Å². The highest BCUT2D eigenvalue weighted by molar-refractivity contribution is 7.11. The maximum absolute atomic E-state index is 5.51. The highest BCUT2D eigenvalue weighted by Gasteiger charge is 2.24. The number of hydrogen-bond acceptors (Lipinski definition) is 5. The van der Waals surface area contributed by atoms with E-state index in [0.29, 0.717) is 5.92 Å². The van der Waals surface area contributed by atoms with Gasteiger partial charge in [-0.05, 0) is 30.9 Å². The molecule has 0 spiro atoms. The third-order valence-electron chi connectivity index (χ3n) is 5.07. The largest absolute Gasteiger partial charge is 0.495 e. The summed E-state index contributed by atoms with van der Waals surface area (Å²) in [7, 11) is 3.56. The Labute approximate surface area is 172 Å². The van der Waals surface area contributed by atoms with Gasteiger partial charge < -0.3 is 20.3 Å². The molecule has 0 bridgehead atoms. The van der Waals surface area contributed by atoms with Crippen molar-refractivity contribution >= 4 is 23.0 Å². The van der Waals surface area contributed by atoms with Crippen molar-refractivity contribution in [3.8, 4) is 5.75 Å². The van der Waals surface area contributed by atoms with Crippen molar-refractivity contribution in [3.05, 3.63) is 40.3 Å². The molecule has 28 heavy (non-hydrogen) atoms. The highest BCUT2D eigenvalue weighted by atomic mass is 32.1. The maximum atomic E-state index is 5.51. The molecule has 0 aliphatic carbocycles. The molecule has 0 saturated carbocycles. The Morgan fingerprint density at radius 1 is 1.36 bits per heavy atom. The van der Waals surface area contributed by atoms with Crippen LogP contribution in [0.1, 0.15) is 23.2 Å². The van der Waals surface area contributed by atoms with Crippen LogP contribution in [0.4, 0.5) is 5.69 Å². The number of rotatable bonds is 8. The number of anilines is 1. The number of guanidine groups is 1. The third kappa shape index (κ3) is 5.38. The second kappa shape index (κ2) is 10.3. The molecule has 1 aliphatic rings. The first-order chi connectivity index (χ1) is 13.7. The van der Waals surface area contributed by atoms with E-state index in [0.717, 1.165) is 50.7 Å². The van der Waals surface area contributed by atoms with Gasteiger partial charge in [-0.25, -0.2) is 4.98 Å².